The number of carboxylic acids is 1. The van der Waals surface area contributed by atoms with E-state index in [2.05, 4.69) is 35.8 Å². The topological polar surface area (TPSA) is 435 Å². The van der Waals surface area contributed by atoms with Crippen molar-refractivity contribution in [2.45, 2.75) is 14.7 Å². The van der Waals surface area contributed by atoms with E-state index in [1.165, 1.54) is 42.5 Å². The molecule has 0 spiro atoms. The molecule has 7 rings (SSSR count). The van der Waals surface area contributed by atoms with Gasteiger partial charge in [0.05, 0.1) is 34.4 Å². The molecule has 0 aliphatic rings. The van der Waals surface area contributed by atoms with Crippen LogP contribution in [0.25, 0.3) is 27.2 Å². The molecule has 0 saturated heterocycles. The number of ether oxygens (including phenoxy) is 2. The standard InChI is InChI=1S/C40H31N9O19S3/c50-9-11-67-31-19-30(32(68-12-10-51)18-29(31)43-42-28-8-5-25(49(56)57)17-33(28)70(61,62)63)44-45-35-34(71(64,65)66)16-22-14-24(4-7-27(22)38(35)52)48-39(53)36(37(47-48)40(54)55)46-41-23-3-1-21-15-26(69(58,59)60)6-2-20(21)13-23/h1-8,13-19,50-53H,9-12H2,(H,54,55)(H,58,59,60)(H,61,62,63)(H,64,65,66)/b43-42+,45-44+,46-41+. The second-order valence-electron chi connectivity index (χ2n) is 14.3. The summed E-state index contributed by atoms with van der Waals surface area (Å²) in [5.74, 6) is -3.98. The number of phenolic OH excluding ortho intramolecular Hbond substituents is 1. The Morgan fingerprint density at radius 3 is 1.82 bits per heavy atom. The van der Waals surface area contributed by atoms with Crippen molar-refractivity contribution in [3.05, 3.63) is 107 Å². The van der Waals surface area contributed by atoms with Gasteiger partial charge in [0.15, 0.2) is 11.4 Å². The first kappa shape index (κ1) is 50.4. The Bertz CT molecular complexity index is 3770. The highest BCUT2D eigenvalue weighted by Gasteiger charge is 2.27. The Morgan fingerprint density at radius 1 is 0.634 bits per heavy atom. The number of azo groups is 3. The van der Waals surface area contributed by atoms with Crippen molar-refractivity contribution in [2.75, 3.05) is 26.4 Å². The molecule has 7 aromatic rings. The summed E-state index contributed by atoms with van der Waals surface area (Å²) < 4.78 is 114. The molecule has 0 bridgehead atoms. The number of benzene rings is 6. The van der Waals surface area contributed by atoms with Gasteiger partial charge in [-0.05, 0) is 70.8 Å². The lowest BCUT2D eigenvalue weighted by Gasteiger charge is -2.13. The Kier molecular flexibility index (Phi) is 14.1. The molecule has 8 N–H and O–H groups in total. The van der Waals surface area contributed by atoms with Crippen LogP contribution < -0.4 is 9.47 Å². The van der Waals surface area contributed by atoms with Crippen LogP contribution in [0.3, 0.4) is 0 Å². The van der Waals surface area contributed by atoms with Crippen LogP contribution >= 0.6 is 0 Å². The first-order chi connectivity index (χ1) is 33.5. The van der Waals surface area contributed by atoms with Crippen molar-refractivity contribution in [3.8, 4) is 28.8 Å². The molecule has 28 nitrogen and oxygen atoms in total. The fourth-order valence-electron chi connectivity index (χ4n) is 6.48. The molecular formula is C40H31N9O19S3. The zero-order valence-electron chi connectivity index (χ0n) is 35.3. The summed E-state index contributed by atoms with van der Waals surface area (Å²) in [7, 11) is -14.9. The summed E-state index contributed by atoms with van der Waals surface area (Å²) >= 11 is 0. The quantitative estimate of drug-likeness (QED) is 0.0187. The number of nitrogens with zero attached hydrogens (tertiary/aromatic N) is 9. The lowest BCUT2D eigenvalue weighted by Crippen LogP contribution is -2.04. The molecule has 0 saturated carbocycles. The van der Waals surface area contributed by atoms with Gasteiger partial charge in [-0.1, -0.05) is 12.1 Å². The number of aromatic carboxylic acids is 1. The van der Waals surface area contributed by atoms with Crippen LogP contribution in [0.5, 0.6) is 23.1 Å². The van der Waals surface area contributed by atoms with Crippen LogP contribution in [0.15, 0.2) is 136 Å². The van der Waals surface area contributed by atoms with Crippen molar-refractivity contribution >= 4 is 97.7 Å². The monoisotopic (exact) mass is 1040 g/mol. The first-order valence-electron chi connectivity index (χ1n) is 19.5. The van der Waals surface area contributed by atoms with Crippen LogP contribution in [0, 0.1) is 10.1 Å². The first-order valence-corrected chi connectivity index (χ1v) is 23.8. The number of nitro groups is 1. The highest BCUT2D eigenvalue weighted by molar-refractivity contribution is 7.86. The number of aliphatic hydroxyl groups excluding tert-OH is 2. The number of hydrogen-bond donors (Lipinski definition) is 8. The normalized spacial score (nSPS) is 12.5. The van der Waals surface area contributed by atoms with Gasteiger partial charge in [-0.15, -0.1) is 25.6 Å². The third-order valence-corrected chi connectivity index (χ3v) is 12.2. The van der Waals surface area contributed by atoms with Gasteiger partial charge < -0.3 is 35.0 Å². The van der Waals surface area contributed by atoms with Crippen LogP contribution in [0.1, 0.15) is 10.5 Å². The number of aromatic nitrogens is 2. The van der Waals surface area contributed by atoms with E-state index in [1.807, 2.05) is 0 Å². The van der Waals surface area contributed by atoms with Crippen molar-refractivity contribution in [3.63, 3.8) is 0 Å². The van der Waals surface area contributed by atoms with E-state index in [9.17, 15) is 79.4 Å². The van der Waals surface area contributed by atoms with Crippen molar-refractivity contribution in [1.82, 2.24) is 9.78 Å². The molecule has 1 heterocycles. The number of fused-ring (bicyclic) bond motifs is 2. The van der Waals surface area contributed by atoms with Crippen LogP contribution in [0.2, 0.25) is 0 Å². The molecule has 6 aromatic carbocycles. The zero-order chi connectivity index (χ0) is 51.6. The van der Waals surface area contributed by atoms with E-state index in [4.69, 9.17) is 9.47 Å². The summed E-state index contributed by atoms with van der Waals surface area (Å²) in [6.07, 6.45) is 0. The molecule has 0 aliphatic heterocycles. The average Bonchev–Trinajstić information content (AvgIpc) is 3.65. The van der Waals surface area contributed by atoms with Gasteiger partial charge in [0.2, 0.25) is 11.6 Å². The molecule has 0 fully saturated rings. The Balaban J connectivity index is 1.27. The molecule has 0 radical (unpaired) electrons. The number of non-ortho nitro benzene ring substituents is 1. The SMILES string of the molecule is O=C(O)c1nn(-c2ccc3c(O)c(/N=N/c4cc(OCCO)c(/N=N/c5ccc([N+](=O)[O-])cc5S(=O)(=O)O)cc4OCCO)c(S(=O)(=O)O)cc3c2)c(O)c1/N=N/c1ccc2cc(S(=O)(=O)O)ccc2c1. The largest absolute Gasteiger partial charge is 0.505 e. The minimum atomic E-state index is -5.28. The van der Waals surface area contributed by atoms with Crippen molar-refractivity contribution < 1.29 is 83.6 Å². The molecule has 0 aliphatic carbocycles. The maximum Gasteiger partial charge on any atom is 0.358 e. The van der Waals surface area contributed by atoms with Gasteiger partial charge >= 0.3 is 5.97 Å². The Hall–Kier alpha value is -8.43. The number of nitro benzene ring substituents is 1. The van der Waals surface area contributed by atoms with Gasteiger partial charge in [0, 0.05) is 29.7 Å². The van der Waals surface area contributed by atoms with Gasteiger partial charge in [0.1, 0.15) is 57.3 Å². The number of carbonyl (C=O) groups is 1. The highest BCUT2D eigenvalue weighted by atomic mass is 32.2. The number of aromatic hydroxyl groups is 2. The maximum atomic E-state index is 12.8. The number of phenols is 1. The van der Waals surface area contributed by atoms with Gasteiger partial charge in [-0.3, -0.25) is 23.8 Å². The summed E-state index contributed by atoms with van der Waals surface area (Å²) in [6.45, 7) is -1.96. The molecule has 0 amide bonds. The van der Waals surface area contributed by atoms with Crippen molar-refractivity contribution in [2.24, 2.45) is 30.7 Å². The molecule has 0 unspecified atom stereocenters. The van der Waals surface area contributed by atoms with E-state index in [0.29, 0.717) is 21.5 Å². The summed E-state index contributed by atoms with van der Waals surface area (Å²) in [5, 5.41) is 90.7. The lowest BCUT2D eigenvalue weighted by atomic mass is 10.1. The fourth-order valence-corrected chi connectivity index (χ4v) is 8.29. The fraction of sp³-hybridized carbons (Fsp3) is 0.100. The van der Waals surface area contributed by atoms with Gasteiger partial charge in [-0.25, -0.2) is 4.79 Å². The van der Waals surface area contributed by atoms with E-state index in [1.54, 1.807) is 0 Å². The number of carboxylic acid groups (broad SMARTS) is 1. The molecule has 1 aromatic heterocycles. The predicted octanol–water partition coefficient (Wildman–Crippen LogP) is 6.92. The second kappa shape index (κ2) is 19.9. The molecular weight excluding hydrogens is 1010 g/mol. The summed E-state index contributed by atoms with van der Waals surface area (Å²) in [4.78, 5) is 20.2. The Labute approximate surface area is 397 Å². The van der Waals surface area contributed by atoms with E-state index < -0.39 is 118 Å². The maximum absolute atomic E-state index is 12.8. The average molecular weight is 1040 g/mol. The zero-order valence-corrected chi connectivity index (χ0v) is 37.8. The molecule has 31 heteroatoms. The molecule has 71 heavy (non-hydrogen) atoms. The Morgan fingerprint density at radius 2 is 1.23 bits per heavy atom. The number of aliphatic hydroxyl groups is 2. The smallest absolute Gasteiger partial charge is 0.358 e. The minimum Gasteiger partial charge on any atom is -0.505 e. The predicted molar refractivity (Wildman–Crippen MR) is 242 cm³/mol. The number of hydrogen-bond acceptors (Lipinski definition) is 22. The third-order valence-electron chi connectivity index (χ3n) is 9.65. The minimum absolute atomic E-state index is 0.122. The summed E-state index contributed by atoms with van der Waals surface area (Å²) in [6, 6.07) is 16.8. The molecule has 0 atom stereocenters. The van der Waals surface area contributed by atoms with Crippen LogP contribution in [-0.4, -0.2) is 112 Å². The number of rotatable bonds is 18. The van der Waals surface area contributed by atoms with Gasteiger partial charge in [0.25, 0.3) is 36.0 Å². The lowest BCUT2D eigenvalue weighted by molar-refractivity contribution is -0.385. The summed E-state index contributed by atoms with van der Waals surface area (Å²) in [5.41, 5.74) is -4.16. The van der Waals surface area contributed by atoms with Crippen molar-refractivity contribution in [1.29, 1.82) is 0 Å². The molecule has 368 valence electrons. The highest BCUT2D eigenvalue weighted by Crippen LogP contribution is 2.46. The van der Waals surface area contributed by atoms with Crippen LogP contribution in [0.4, 0.5) is 39.8 Å². The van der Waals surface area contributed by atoms with E-state index >= 15 is 0 Å². The van der Waals surface area contributed by atoms with Crippen LogP contribution in [-0.2, 0) is 30.4 Å². The second-order valence-corrected chi connectivity index (χ2v) is 18.5. The van der Waals surface area contributed by atoms with E-state index in [-0.39, 0.29) is 49.9 Å². The third kappa shape index (κ3) is 11.1. The van der Waals surface area contributed by atoms with E-state index in [0.717, 1.165) is 42.5 Å². The van der Waals surface area contributed by atoms with Gasteiger partial charge in [-0.2, -0.15) is 40.1 Å².